The first-order valence-electron chi connectivity index (χ1n) is 13.6. The monoisotopic (exact) mass is 551 g/mol. The number of benzene rings is 2. The third kappa shape index (κ3) is 6.06. The number of anilines is 1. The molecule has 2 aromatic rings. The van der Waals surface area contributed by atoms with Crippen LogP contribution in [0.2, 0.25) is 0 Å². The summed E-state index contributed by atoms with van der Waals surface area (Å²) in [6, 6.07) is 9.71. The Balaban J connectivity index is 1.19. The Hall–Kier alpha value is -3.67. The van der Waals surface area contributed by atoms with Gasteiger partial charge in [-0.15, -0.1) is 0 Å². The number of amides is 3. The van der Waals surface area contributed by atoms with Crippen molar-refractivity contribution in [1.82, 2.24) is 20.0 Å². The number of nitrogens with zero attached hydrogens (tertiary/aromatic N) is 3. The first kappa shape index (κ1) is 27.9. The number of aldehydes is 1. The summed E-state index contributed by atoms with van der Waals surface area (Å²) in [6.45, 7) is 6.24. The molecule has 10 nitrogen and oxygen atoms in total. The van der Waals surface area contributed by atoms with Crippen LogP contribution >= 0.6 is 0 Å². The molecule has 2 N–H and O–H groups in total. The number of likely N-dealkylation sites (tertiary alicyclic amines) is 1. The van der Waals surface area contributed by atoms with Gasteiger partial charge in [-0.05, 0) is 30.2 Å². The number of hydrogen-bond acceptors (Lipinski definition) is 8. The molecule has 0 aromatic heterocycles. The van der Waals surface area contributed by atoms with E-state index in [4.69, 9.17) is 4.74 Å². The molecule has 3 amide bonds. The number of likely N-dealkylation sites (N-methyl/N-ethyl adjacent to an activating group) is 1. The van der Waals surface area contributed by atoms with Crippen LogP contribution in [0.1, 0.15) is 44.7 Å². The predicted octanol–water partition coefficient (Wildman–Crippen LogP) is 1.64. The van der Waals surface area contributed by atoms with Gasteiger partial charge in [0, 0.05) is 70.0 Å². The van der Waals surface area contributed by atoms with Gasteiger partial charge < -0.3 is 15.0 Å². The molecule has 0 spiro atoms. The van der Waals surface area contributed by atoms with Gasteiger partial charge >= 0.3 is 0 Å². The molecule has 40 heavy (non-hydrogen) atoms. The Morgan fingerprint density at radius 1 is 1.20 bits per heavy atom. The molecule has 212 valence electrons. The fourth-order valence-corrected chi connectivity index (χ4v) is 5.54. The zero-order valence-electron chi connectivity index (χ0n) is 22.5. The summed E-state index contributed by atoms with van der Waals surface area (Å²) >= 11 is 0. The van der Waals surface area contributed by atoms with Gasteiger partial charge in [0.1, 0.15) is 11.9 Å². The molecule has 3 heterocycles. The number of ether oxygens (including phenoxy) is 1. The lowest BCUT2D eigenvalue weighted by atomic mass is 10.0. The number of carbonyl (C=O) groups is 4. The summed E-state index contributed by atoms with van der Waals surface area (Å²) in [4.78, 5) is 54.9. The number of carbonyl (C=O) groups excluding carboxylic acids is 4. The maximum atomic E-state index is 15.0. The van der Waals surface area contributed by atoms with E-state index in [1.54, 1.807) is 24.3 Å². The number of rotatable bonds is 9. The summed E-state index contributed by atoms with van der Waals surface area (Å²) in [6.07, 6.45) is 0.917. The van der Waals surface area contributed by atoms with Gasteiger partial charge in [-0.1, -0.05) is 18.2 Å². The maximum Gasteiger partial charge on any atom is 0.255 e. The van der Waals surface area contributed by atoms with E-state index >= 15 is 0 Å². The van der Waals surface area contributed by atoms with Crippen molar-refractivity contribution in [2.75, 3.05) is 51.8 Å². The van der Waals surface area contributed by atoms with Gasteiger partial charge in [0.15, 0.2) is 6.29 Å². The zero-order chi connectivity index (χ0) is 28.2. The predicted molar refractivity (Wildman–Crippen MR) is 145 cm³/mol. The first-order valence-corrected chi connectivity index (χ1v) is 13.6. The highest BCUT2D eigenvalue weighted by Crippen LogP contribution is 2.24. The molecule has 0 saturated carbocycles. The Labute approximate surface area is 232 Å². The highest BCUT2D eigenvalue weighted by Gasteiger charge is 2.34. The van der Waals surface area contributed by atoms with Gasteiger partial charge in [0.25, 0.3) is 5.91 Å². The van der Waals surface area contributed by atoms with Crippen molar-refractivity contribution in [3.05, 3.63) is 64.5 Å². The molecular weight excluding hydrogens is 517 g/mol. The fourth-order valence-electron chi connectivity index (χ4n) is 5.54. The smallest absolute Gasteiger partial charge is 0.255 e. The highest BCUT2D eigenvalue weighted by molar-refractivity contribution is 6.07. The molecule has 0 bridgehead atoms. The summed E-state index contributed by atoms with van der Waals surface area (Å²) < 4.78 is 20.4. The van der Waals surface area contributed by atoms with Gasteiger partial charge in [0.2, 0.25) is 11.8 Å². The van der Waals surface area contributed by atoms with Crippen LogP contribution in [-0.4, -0.2) is 97.2 Å². The lowest BCUT2D eigenvalue weighted by Crippen LogP contribution is -2.60. The Kier molecular flexibility index (Phi) is 8.53. The van der Waals surface area contributed by atoms with E-state index in [1.165, 1.54) is 18.0 Å². The molecule has 11 heteroatoms. The van der Waals surface area contributed by atoms with Crippen molar-refractivity contribution in [3.63, 3.8) is 0 Å². The lowest BCUT2D eigenvalue weighted by molar-refractivity contribution is -0.136. The number of piperidine rings is 1. The van der Waals surface area contributed by atoms with Crippen LogP contribution in [0.4, 0.5) is 10.1 Å². The Morgan fingerprint density at radius 3 is 2.67 bits per heavy atom. The zero-order valence-corrected chi connectivity index (χ0v) is 22.5. The molecule has 3 aliphatic rings. The molecular formula is C29H34FN5O5. The van der Waals surface area contributed by atoms with Crippen molar-refractivity contribution in [2.45, 2.75) is 38.0 Å². The van der Waals surface area contributed by atoms with Crippen LogP contribution in [0.3, 0.4) is 0 Å². The van der Waals surface area contributed by atoms with Gasteiger partial charge in [0.05, 0.1) is 24.3 Å². The summed E-state index contributed by atoms with van der Waals surface area (Å²) in [5.41, 5.74) is 1.96. The summed E-state index contributed by atoms with van der Waals surface area (Å²) in [7, 11) is 1.47. The number of halogens is 1. The average Bonchev–Trinajstić information content (AvgIpc) is 2.93. The molecule has 3 saturated heterocycles. The number of imide groups is 1. The van der Waals surface area contributed by atoms with E-state index in [0.717, 1.165) is 45.0 Å². The van der Waals surface area contributed by atoms with Gasteiger partial charge in [-0.2, -0.15) is 0 Å². The van der Waals surface area contributed by atoms with Crippen LogP contribution in [0.15, 0.2) is 36.4 Å². The standard InChI is InChI=1S/C29H34FN5O5/c1-33(26-7-8-27(37)32-28(26)38)29(39)22-3-2-4-25(23(22)18-36)31-14-20-6-5-19(13-24(20)30)15-34-16-21(17-34)35-9-11-40-12-10-35/h2-6,13,18,21,26,31H,7-12,14-17H2,1H3,(H,32,37,38). The highest BCUT2D eigenvalue weighted by atomic mass is 19.1. The largest absolute Gasteiger partial charge is 0.380 e. The first-order chi connectivity index (χ1) is 19.3. The quantitative estimate of drug-likeness (QED) is 0.358. The molecule has 0 radical (unpaired) electrons. The Morgan fingerprint density at radius 2 is 1.98 bits per heavy atom. The van der Waals surface area contributed by atoms with Crippen LogP contribution in [0.25, 0.3) is 0 Å². The average molecular weight is 552 g/mol. The van der Waals surface area contributed by atoms with Crippen molar-refractivity contribution in [2.24, 2.45) is 0 Å². The molecule has 5 rings (SSSR count). The molecule has 1 atom stereocenters. The van der Waals surface area contributed by atoms with E-state index in [9.17, 15) is 23.6 Å². The molecule has 1 unspecified atom stereocenters. The van der Waals surface area contributed by atoms with Crippen LogP contribution < -0.4 is 10.6 Å². The van der Waals surface area contributed by atoms with E-state index in [0.29, 0.717) is 30.1 Å². The third-order valence-corrected chi connectivity index (χ3v) is 7.95. The van der Waals surface area contributed by atoms with E-state index in [2.05, 4.69) is 20.4 Å². The maximum absolute atomic E-state index is 15.0. The third-order valence-electron chi connectivity index (χ3n) is 7.95. The second kappa shape index (κ2) is 12.2. The number of morpholine rings is 1. The topological polar surface area (TPSA) is 111 Å². The van der Waals surface area contributed by atoms with E-state index in [-0.39, 0.29) is 42.2 Å². The van der Waals surface area contributed by atoms with E-state index < -0.39 is 17.9 Å². The Bertz CT molecular complexity index is 1290. The second-order valence-electron chi connectivity index (χ2n) is 10.5. The van der Waals surface area contributed by atoms with Crippen LogP contribution in [0, 0.1) is 5.82 Å². The van der Waals surface area contributed by atoms with E-state index in [1.807, 2.05) is 6.07 Å². The van der Waals surface area contributed by atoms with Gasteiger partial charge in [-0.25, -0.2) is 4.39 Å². The molecule has 0 aliphatic carbocycles. The minimum absolute atomic E-state index is 0.118. The molecule has 3 fully saturated rings. The summed E-state index contributed by atoms with van der Waals surface area (Å²) in [5, 5.41) is 5.32. The number of hydrogen-bond donors (Lipinski definition) is 2. The van der Waals surface area contributed by atoms with Crippen LogP contribution in [0.5, 0.6) is 0 Å². The summed E-state index contributed by atoms with van der Waals surface area (Å²) in [5.74, 6) is -1.77. The molecule has 3 aliphatic heterocycles. The lowest BCUT2D eigenvalue weighted by Gasteiger charge is -2.46. The second-order valence-corrected chi connectivity index (χ2v) is 10.5. The normalized spacial score (nSPS) is 20.5. The SMILES string of the molecule is CN(C(=O)c1cccc(NCc2ccc(CN3CC(N4CCOCC4)C3)cc2F)c1C=O)C1CCC(=O)NC1=O. The van der Waals surface area contributed by atoms with Gasteiger partial charge in [-0.3, -0.25) is 34.3 Å². The van der Waals surface area contributed by atoms with Crippen molar-refractivity contribution >= 4 is 29.7 Å². The van der Waals surface area contributed by atoms with Crippen molar-refractivity contribution in [1.29, 1.82) is 0 Å². The minimum Gasteiger partial charge on any atom is -0.380 e. The van der Waals surface area contributed by atoms with Crippen molar-refractivity contribution < 1.29 is 28.3 Å². The molecule has 2 aromatic carbocycles. The fraction of sp³-hybridized carbons (Fsp3) is 0.448. The minimum atomic E-state index is -0.810. The number of nitrogens with one attached hydrogen (secondary N) is 2. The van der Waals surface area contributed by atoms with Crippen LogP contribution in [-0.2, 0) is 27.4 Å². The van der Waals surface area contributed by atoms with Crippen molar-refractivity contribution in [3.8, 4) is 0 Å².